The molecule has 2 heterocycles. The predicted molar refractivity (Wildman–Crippen MR) is 86.6 cm³/mol. The Morgan fingerprint density at radius 1 is 1.24 bits per heavy atom. The van der Waals surface area contributed by atoms with Crippen LogP contribution in [0, 0.1) is 0 Å². The Bertz CT molecular complexity index is 570. The zero-order valence-corrected chi connectivity index (χ0v) is 13.8. The van der Waals surface area contributed by atoms with E-state index in [1.165, 1.54) is 19.3 Å². The van der Waals surface area contributed by atoms with Crippen LogP contribution in [-0.4, -0.2) is 37.0 Å². The molecule has 6 heteroatoms. The van der Waals surface area contributed by atoms with E-state index in [0.717, 1.165) is 29.0 Å². The first kappa shape index (κ1) is 16.2. The Morgan fingerprint density at radius 2 is 2.05 bits per heavy atom. The predicted octanol–water partition coefficient (Wildman–Crippen LogP) is 3.44. The van der Waals surface area contributed by atoms with E-state index in [9.17, 15) is 5.11 Å². The Labute approximate surface area is 130 Å². The van der Waals surface area contributed by atoms with Gasteiger partial charge in [0, 0.05) is 0 Å². The van der Waals surface area contributed by atoms with Crippen LogP contribution in [0.25, 0.3) is 11.2 Å². The summed E-state index contributed by atoms with van der Waals surface area (Å²) in [6.07, 6.45) is 10.7. The molecule has 0 radical (unpaired) electrons. The van der Waals surface area contributed by atoms with Gasteiger partial charge < -0.3 is 9.67 Å². The van der Waals surface area contributed by atoms with Gasteiger partial charge in [-0.2, -0.15) is 0 Å². The molecular formula is C15H24N4OS. The van der Waals surface area contributed by atoms with Crippen molar-refractivity contribution in [1.82, 2.24) is 19.5 Å². The van der Waals surface area contributed by atoms with E-state index in [2.05, 4.69) is 21.9 Å². The molecule has 1 N–H and O–H groups in total. The molecule has 116 valence electrons. The van der Waals surface area contributed by atoms with E-state index >= 15 is 0 Å². The molecule has 0 aliphatic carbocycles. The van der Waals surface area contributed by atoms with Crippen molar-refractivity contribution >= 4 is 22.9 Å². The maximum Gasteiger partial charge on any atom is 0.164 e. The van der Waals surface area contributed by atoms with Gasteiger partial charge in [0.15, 0.2) is 5.65 Å². The molecule has 2 unspecified atom stereocenters. The van der Waals surface area contributed by atoms with Crippen molar-refractivity contribution in [2.45, 2.75) is 63.1 Å². The van der Waals surface area contributed by atoms with Crippen LogP contribution < -0.4 is 0 Å². The lowest BCUT2D eigenvalue weighted by Gasteiger charge is -2.21. The fourth-order valence-electron chi connectivity index (χ4n) is 2.62. The highest BCUT2D eigenvalue weighted by Gasteiger charge is 2.20. The standard InChI is InChI=1S/C15H24N4OS/c1-4-5-6-7-8-12(11(2)20)19-10-18-13-14(19)16-9-17-15(13)21-3/h9-12,20H,4-8H2,1-3H3. The highest BCUT2D eigenvalue weighted by molar-refractivity contribution is 7.98. The lowest BCUT2D eigenvalue weighted by molar-refractivity contribution is 0.124. The minimum Gasteiger partial charge on any atom is -0.391 e. The van der Waals surface area contributed by atoms with Gasteiger partial charge in [-0.1, -0.05) is 32.6 Å². The van der Waals surface area contributed by atoms with Crippen molar-refractivity contribution in [3.8, 4) is 0 Å². The van der Waals surface area contributed by atoms with Gasteiger partial charge in [0.05, 0.1) is 18.5 Å². The normalized spacial score (nSPS) is 14.5. The van der Waals surface area contributed by atoms with Crippen LogP contribution in [0.5, 0.6) is 0 Å². The fraction of sp³-hybridized carbons (Fsp3) is 0.667. The third-order valence-electron chi connectivity index (χ3n) is 3.79. The van der Waals surface area contributed by atoms with Crippen molar-refractivity contribution in [2.75, 3.05) is 6.26 Å². The Balaban J connectivity index is 2.24. The molecule has 21 heavy (non-hydrogen) atoms. The highest BCUT2D eigenvalue weighted by Crippen LogP contribution is 2.27. The topological polar surface area (TPSA) is 63.8 Å². The van der Waals surface area contributed by atoms with Crippen LogP contribution in [0.2, 0.25) is 0 Å². The summed E-state index contributed by atoms with van der Waals surface area (Å²) < 4.78 is 2.01. The van der Waals surface area contributed by atoms with Gasteiger partial charge in [-0.25, -0.2) is 15.0 Å². The molecule has 0 aromatic carbocycles. The molecule has 0 amide bonds. The van der Waals surface area contributed by atoms with Gasteiger partial charge in [0.25, 0.3) is 0 Å². The summed E-state index contributed by atoms with van der Waals surface area (Å²) in [5.41, 5.74) is 1.64. The zero-order chi connectivity index (χ0) is 15.2. The summed E-state index contributed by atoms with van der Waals surface area (Å²) in [4.78, 5) is 13.0. The molecular weight excluding hydrogens is 284 g/mol. The van der Waals surface area contributed by atoms with Gasteiger partial charge >= 0.3 is 0 Å². The average molecular weight is 308 g/mol. The number of aliphatic hydroxyl groups is 1. The molecule has 0 spiro atoms. The van der Waals surface area contributed by atoms with E-state index in [1.807, 2.05) is 17.7 Å². The minimum atomic E-state index is -0.420. The Morgan fingerprint density at radius 3 is 2.71 bits per heavy atom. The highest BCUT2D eigenvalue weighted by atomic mass is 32.2. The van der Waals surface area contributed by atoms with Crippen molar-refractivity contribution in [2.24, 2.45) is 0 Å². The molecule has 5 nitrogen and oxygen atoms in total. The molecule has 0 aliphatic rings. The number of aliphatic hydroxyl groups excluding tert-OH is 1. The molecule has 0 aliphatic heterocycles. The molecule has 0 fully saturated rings. The zero-order valence-electron chi connectivity index (χ0n) is 13.0. The lowest BCUT2D eigenvalue weighted by atomic mass is 10.0. The van der Waals surface area contributed by atoms with E-state index in [-0.39, 0.29) is 6.04 Å². The quantitative estimate of drug-likeness (QED) is 0.460. The van der Waals surface area contributed by atoms with E-state index < -0.39 is 6.10 Å². The number of fused-ring (bicyclic) bond motifs is 1. The van der Waals surface area contributed by atoms with Gasteiger partial charge in [-0.15, -0.1) is 11.8 Å². The average Bonchev–Trinajstić information content (AvgIpc) is 2.90. The van der Waals surface area contributed by atoms with Crippen LogP contribution in [-0.2, 0) is 0 Å². The molecule has 2 aromatic rings. The molecule has 0 saturated heterocycles. The minimum absolute atomic E-state index is 0.0245. The second kappa shape index (κ2) is 7.75. The van der Waals surface area contributed by atoms with Crippen LogP contribution in [0.3, 0.4) is 0 Å². The van der Waals surface area contributed by atoms with Gasteiger partial charge in [-0.05, 0) is 19.6 Å². The van der Waals surface area contributed by atoms with Crippen LogP contribution >= 0.6 is 11.8 Å². The molecule has 0 bridgehead atoms. The summed E-state index contributed by atoms with van der Waals surface area (Å²) in [6, 6.07) is 0.0245. The van der Waals surface area contributed by atoms with Gasteiger partial charge in [-0.3, -0.25) is 0 Å². The van der Waals surface area contributed by atoms with Crippen LogP contribution in [0.4, 0.5) is 0 Å². The summed E-state index contributed by atoms with van der Waals surface area (Å²) in [5, 5.41) is 11.0. The van der Waals surface area contributed by atoms with E-state index in [0.29, 0.717) is 0 Å². The van der Waals surface area contributed by atoms with Gasteiger partial charge in [0.2, 0.25) is 0 Å². The van der Waals surface area contributed by atoms with Crippen molar-refractivity contribution in [3.05, 3.63) is 12.7 Å². The number of imidazole rings is 1. The van der Waals surface area contributed by atoms with Crippen molar-refractivity contribution < 1.29 is 5.11 Å². The number of aromatic nitrogens is 4. The Kier molecular flexibility index (Phi) is 5.99. The van der Waals surface area contributed by atoms with E-state index in [4.69, 9.17) is 0 Å². The number of rotatable bonds is 8. The van der Waals surface area contributed by atoms with Crippen molar-refractivity contribution in [3.63, 3.8) is 0 Å². The summed E-state index contributed by atoms with van der Waals surface area (Å²) >= 11 is 1.57. The van der Waals surface area contributed by atoms with Crippen LogP contribution in [0.15, 0.2) is 17.7 Å². The number of unbranched alkanes of at least 4 members (excludes halogenated alkanes) is 3. The number of hydrogen-bond acceptors (Lipinski definition) is 5. The smallest absolute Gasteiger partial charge is 0.164 e. The monoisotopic (exact) mass is 308 g/mol. The lowest BCUT2D eigenvalue weighted by Crippen LogP contribution is -2.21. The maximum absolute atomic E-state index is 10.1. The van der Waals surface area contributed by atoms with Gasteiger partial charge in [0.1, 0.15) is 16.9 Å². The first-order valence-corrected chi connectivity index (χ1v) is 8.81. The molecule has 2 aromatic heterocycles. The maximum atomic E-state index is 10.1. The molecule has 2 rings (SSSR count). The Hall–Kier alpha value is -1.14. The number of thioether (sulfide) groups is 1. The third-order valence-corrected chi connectivity index (χ3v) is 4.47. The fourth-order valence-corrected chi connectivity index (χ4v) is 3.11. The third kappa shape index (κ3) is 3.74. The molecule has 2 atom stereocenters. The summed E-state index contributed by atoms with van der Waals surface area (Å²) in [7, 11) is 0. The van der Waals surface area contributed by atoms with Crippen molar-refractivity contribution in [1.29, 1.82) is 0 Å². The largest absolute Gasteiger partial charge is 0.391 e. The summed E-state index contributed by atoms with van der Waals surface area (Å²) in [5.74, 6) is 0. The second-order valence-corrected chi connectivity index (χ2v) is 6.16. The second-order valence-electron chi connectivity index (χ2n) is 5.36. The van der Waals surface area contributed by atoms with Crippen LogP contribution in [0.1, 0.15) is 52.0 Å². The first-order chi connectivity index (χ1) is 10.2. The molecule has 0 saturated carbocycles. The van der Waals surface area contributed by atoms with E-state index in [1.54, 1.807) is 24.4 Å². The number of hydrogen-bond donors (Lipinski definition) is 1. The number of nitrogens with zero attached hydrogens (tertiary/aromatic N) is 4. The summed E-state index contributed by atoms with van der Waals surface area (Å²) in [6.45, 7) is 4.05. The first-order valence-electron chi connectivity index (χ1n) is 7.58. The SMILES string of the molecule is CCCCCCC(C(C)O)n1cnc2c(SC)ncnc21.